The Morgan fingerprint density at radius 2 is 0.957 bits per heavy atom. The maximum absolute atomic E-state index is 6.67. The van der Waals surface area contributed by atoms with Crippen molar-refractivity contribution in [2.24, 2.45) is 0 Å². The van der Waals surface area contributed by atoms with Crippen LogP contribution in [-0.2, 0) is 0 Å². The summed E-state index contributed by atoms with van der Waals surface area (Å²) in [6.07, 6.45) is 0. The number of anilines is 3. The zero-order valence-corrected chi connectivity index (χ0v) is 25.4. The van der Waals surface area contributed by atoms with E-state index in [0.29, 0.717) is 0 Å². The maximum atomic E-state index is 6.67. The number of benzene rings is 8. The van der Waals surface area contributed by atoms with E-state index >= 15 is 0 Å². The van der Waals surface area contributed by atoms with Gasteiger partial charge in [0.05, 0.1) is 5.69 Å². The van der Waals surface area contributed by atoms with E-state index in [2.05, 4.69) is 157 Å². The monoisotopic (exact) mass is 601 g/mol. The summed E-state index contributed by atoms with van der Waals surface area (Å²) in [7, 11) is 0. The van der Waals surface area contributed by atoms with Gasteiger partial charge < -0.3 is 13.7 Å². The molecule has 220 valence electrons. The number of hydrogen-bond acceptors (Lipinski definition) is 3. The highest BCUT2D eigenvalue weighted by molar-refractivity contribution is 6.28. The predicted molar refractivity (Wildman–Crippen MR) is 196 cm³/mol. The zero-order chi connectivity index (χ0) is 30.9. The van der Waals surface area contributed by atoms with Gasteiger partial charge in [-0.3, -0.25) is 0 Å². The summed E-state index contributed by atoms with van der Waals surface area (Å²) in [5.41, 5.74) is 8.96. The van der Waals surface area contributed by atoms with Crippen LogP contribution in [0.2, 0.25) is 0 Å². The van der Waals surface area contributed by atoms with Crippen LogP contribution in [-0.4, -0.2) is 0 Å². The van der Waals surface area contributed by atoms with Crippen LogP contribution < -0.4 is 4.90 Å². The molecule has 0 radical (unpaired) electrons. The van der Waals surface area contributed by atoms with E-state index in [1.807, 2.05) is 12.1 Å². The Morgan fingerprint density at radius 3 is 1.81 bits per heavy atom. The molecule has 10 aromatic rings. The summed E-state index contributed by atoms with van der Waals surface area (Å²) in [4.78, 5) is 2.33. The standard InChI is InChI=1S/C44H27NO2/c1-2-10-28(11-3-1)29-18-21-31(22-19-29)45(32-23-24-36-35-15-8-9-17-39(35)46-41(36)26-32)38-27-42-44(37-16-7-6-14-34(37)38)43-33-13-5-4-12-30(33)20-25-40(43)47-42/h1-27H. The molecule has 0 bridgehead atoms. The Morgan fingerprint density at radius 1 is 0.340 bits per heavy atom. The number of rotatable bonds is 4. The van der Waals surface area contributed by atoms with E-state index in [4.69, 9.17) is 8.83 Å². The second-order valence-electron chi connectivity index (χ2n) is 12.1. The number of nitrogens with zero attached hydrogens (tertiary/aromatic N) is 1. The number of fused-ring (bicyclic) bond motifs is 10. The molecular weight excluding hydrogens is 574 g/mol. The van der Waals surface area contributed by atoms with Crippen molar-refractivity contribution in [1.29, 1.82) is 0 Å². The highest BCUT2D eigenvalue weighted by Gasteiger charge is 2.22. The summed E-state index contributed by atoms with van der Waals surface area (Å²) in [6.45, 7) is 0. The molecule has 3 heteroatoms. The van der Waals surface area contributed by atoms with E-state index < -0.39 is 0 Å². The lowest BCUT2D eigenvalue weighted by Crippen LogP contribution is -2.10. The van der Waals surface area contributed by atoms with Crippen molar-refractivity contribution < 1.29 is 8.83 Å². The fourth-order valence-electron chi connectivity index (χ4n) is 7.28. The quantitative estimate of drug-likeness (QED) is 0.201. The van der Waals surface area contributed by atoms with Crippen LogP contribution in [0, 0.1) is 0 Å². The molecule has 0 spiro atoms. The van der Waals surface area contributed by atoms with Crippen LogP contribution in [0.15, 0.2) is 173 Å². The van der Waals surface area contributed by atoms with Gasteiger partial charge in [0, 0.05) is 50.4 Å². The third-order valence-electron chi connectivity index (χ3n) is 9.44. The van der Waals surface area contributed by atoms with Gasteiger partial charge >= 0.3 is 0 Å². The van der Waals surface area contributed by atoms with Crippen LogP contribution in [0.25, 0.3) is 76.5 Å². The van der Waals surface area contributed by atoms with Gasteiger partial charge in [0.2, 0.25) is 0 Å². The van der Waals surface area contributed by atoms with Crippen molar-refractivity contribution >= 4 is 82.5 Å². The highest BCUT2D eigenvalue weighted by atomic mass is 16.3. The molecule has 0 amide bonds. The molecule has 10 rings (SSSR count). The molecule has 0 aliphatic carbocycles. The molecule has 8 aromatic carbocycles. The number of furan rings is 2. The Hall–Kier alpha value is -6.32. The van der Waals surface area contributed by atoms with E-state index in [1.54, 1.807) is 0 Å². The van der Waals surface area contributed by atoms with Crippen molar-refractivity contribution in [3.8, 4) is 11.1 Å². The van der Waals surface area contributed by atoms with E-state index in [0.717, 1.165) is 71.7 Å². The normalized spacial score (nSPS) is 11.8. The molecule has 0 unspecified atom stereocenters. The van der Waals surface area contributed by atoms with Gasteiger partial charge in [-0.15, -0.1) is 0 Å². The minimum atomic E-state index is 0.857. The Labute approximate surface area is 270 Å². The molecule has 47 heavy (non-hydrogen) atoms. The first-order valence-corrected chi connectivity index (χ1v) is 15.9. The SMILES string of the molecule is c1ccc(-c2ccc(N(c3ccc4c(c3)oc3ccccc34)c3cc4oc5ccc6ccccc6c5c4c4ccccc34)cc2)cc1. The highest BCUT2D eigenvalue weighted by Crippen LogP contribution is 2.46. The number of para-hydroxylation sites is 1. The largest absolute Gasteiger partial charge is 0.456 e. The Bertz CT molecular complexity index is 2790. The van der Waals surface area contributed by atoms with Crippen LogP contribution in [0.5, 0.6) is 0 Å². The fraction of sp³-hybridized carbons (Fsp3) is 0. The van der Waals surface area contributed by atoms with Crippen molar-refractivity contribution in [3.63, 3.8) is 0 Å². The summed E-state index contributed by atoms with van der Waals surface area (Å²) >= 11 is 0. The smallest absolute Gasteiger partial charge is 0.138 e. The van der Waals surface area contributed by atoms with Crippen LogP contribution in [0.1, 0.15) is 0 Å². The number of hydrogen-bond donors (Lipinski definition) is 0. The zero-order valence-electron chi connectivity index (χ0n) is 25.4. The topological polar surface area (TPSA) is 29.5 Å². The summed E-state index contributed by atoms with van der Waals surface area (Å²) in [6, 6.07) is 57.8. The summed E-state index contributed by atoms with van der Waals surface area (Å²) < 4.78 is 13.1. The minimum Gasteiger partial charge on any atom is -0.456 e. The van der Waals surface area contributed by atoms with Gasteiger partial charge in [-0.2, -0.15) is 0 Å². The van der Waals surface area contributed by atoms with Crippen LogP contribution in [0.4, 0.5) is 17.1 Å². The molecule has 2 heterocycles. The summed E-state index contributed by atoms with van der Waals surface area (Å²) in [5.74, 6) is 0. The molecule has 0 saturated carbocycles. The fourth-order valence-corrected chi connectivity index (χ4v) is 7.28. The average Bonchev–Trinajstić information content (AvgIpc) is 3.71. The third kappa shape index (κ3) is 4.00. The molecule has 3 nitrogen and oxygen atoms in total. The lowest BCUT2D eigenvalue weighted by atomic mass is 9.98. The minimum absolute atomic E-state index is 0.857. The van der Waals surface area contributed by atoms with E-state index in [1.165, 1.54) is 21.9 Å². The van der Waals surface area contributed by atoms with Gasteiger partial charge in [-0.05, 0) is 63.7 Å². The van der Waals surface area contributed by atoms with Crippen molar-refractivity contribution in [2.75, 3.05) is 4.90 Å². The van der Waals surface area contributed by atoms with Gasteiger partial charge in [0.25, 0.3) is 0 Å². The molecule has 0 aliphatic rings. The molecule has 0 fully saturated rings. The second-order valence-corrected chi connectivity index (χ2v) is 12.1. The molecule has 0 N–H and O–H groups in total. The van der Waals surface area contributed by atoms with Gasteiger partial charge in [-0.1, -0.05) is 115 Å². The summed E-state index contributed by atoms with van der Waals surface area (Å²) in [5, 5.41) is 9.23. The second kappa shape index (κ2) is 10.1. The molecule has 0 saturated heterocycles. The lowest BCUT2D eigenvalue weighted by molar-refractivity contribution is 0.669. The predicted octanol–water partition coefficient (Wildman–Crippen LogP) is 12.9. The first-order chi connectivity index (χ1) is 23.3. The molecule has 0 aliphatic heterocycles. The third-order valence-corrected chi connectivity index (χ3v) is 9.44. The van der Waals surface area contributed by atoms with Crippen LogP contribution >= 0.6 is 0 Å². The van der Waals surface area contributed by atoms with Gasteiger partial charge in [0.15, 0.2) is 0 Å². The van der Waals surface area contributed by atoms with E-state index in [9.17, 15) is 0 Å². The lowest BCUT2D eigenvalue weighted by Gasteiger charge is -2.27. The Balaban J connectivity index is 1.26. The molecule has 0 atom stereocenters. The van der Waals surface area contributed by atoms with E-state index in [-0.39, 0.29) is 0 Å². The first kappa shape index (κ1) is 26.0. The van der Waals surface area contributed by atoms with Gasteiger partial charge in [0.1, 0.15) is 22.3 Å². The molecular formula is C44H27NO2. The van der Waals surface area contributed by atoms with Crippen LogP contribution in [0.3, 0.4) is 0 Å². The van der Waals surface area contributed by atoms with Crippen molar-refractivity contribution in [2.45, 2.75) is 0 Å². The average molecular weight is 602 g/mol. The van der Waals surface area contributed by atoms with Crippen molar-refractivity contribution in [3.05, 3.63) is 164 Å². The van der Waals surface area contributed by atoms with Gasteiger partial charge in [-0.25, -0.2) is 0 Å². The molecule has 2 aromatic heterocycles. The first-order valence-electron chi connectivity index (χ1n) is 15.9. The Kier molecular flexibility index (Phi) is 5.57. The maximum Gasteiger partial charge on any atom is 0.138 e. The van der Waals surface area contributed by atoms with Crippen molar-refractivity contribution in [1.82, 2.24) is 0 Å².